The summed E-state index contributed by atoms with van der Waals surface area (Å²) < 4.78 is 10.9. The number of ether oxygens (including phenoxy) is 2. The minimum Gasteiger partial charge on any atom is -0.493 e. The first-order valence-electron chi connectivity index (χ1n) is 8.24. The van der Waals surface area contributed by atoms with Crippen molar-refractivity contribution in [2.45, 2.75) is 40.5 Å². The van der Waals surface area contributed by atoms with Crippen LogP contribution in [-0.4, -0.2) is 24.2 Å². The zero-order valence-electron chi connectivity index (χ0n) is 15.3. The summed E-state index contributed by atoms with van der Waals surface area (Å²) in [5.74, 6) is -0.474. The maximum atomic E-state index is 11.6. The fourth-order valence-electron chi connectivity index (χ4n) is 2.95. The molecule has 25 heavy (non-hydrogen) atoms. The maximum absolute atomic E-state index is 11.6. The van der Waals surface area contributed by atoms with Crippen molar-refractivity contribution in [1.29, 1.82) is 0 Å². The molecule has 0 saturated carbocycles. The van der Waals surface area contributed by atoms with E-state index in [0.717, 1.165) is 28.3 Å². The van der Waals surface area contributed by atoms with Gasteiger partial charge in [0.15, 0.2) is 11.5 Å². The van der Waals surface area contributed by atoms with E-state index >= 15 is 0 Å². The number of aliphatic carboxylic acids is 1. The average Bonchev–Trinajstić information content (AvgIpc) is 2.55. The molecule has 0 aliphatic heterocycles. The lowest BCUT2D eigenvalue weighted by Crippen LogP contribution is -2.26. The highest BCUT2D eigenvalue weighted by Gasteiger charge is 2.29. The van der Waals surface area contributed by atoms with Crippen molar-refractivity contribution < 1.29 is 24.2 Å². The Balaban J connectivity index is 2.81. The summed E-state index contributed by atoms with van der Waals surface area (Å²) in [5, 5.41) is 11.2. The summed E-state index contributed by atoms with van der Waals surface area (Å²) in [4.78, 5) is 23.1. The van der Waals surface area contributed by atoms with Gasteiger partial charge in [0.1, 0.15) is 0 Å². The molecule has 0 unspecified atom stereocenters. The Bertz CT molecular complexity index is 820. The van der Waals surface area contributed by atoms with Crippen molar-refractivity contribution in [2.75, 3.05) is 7.11 Å². The molecule has 134 valence electrons. The van der Waals surface area contributed by atoms with Crippen LogP contribution < -0.4 is 9.47 Å². The fraction of sp³-hybridized carbons (Fsp3) is 0.400. The first-order valence-corrected chi connectivity index (χ1v) is 8.24. The number of aryl methyl sites for hydroxylation is 1. The van der Waals surface area contributed by atoms with Gasteiger partial charge in [0.05, 0.1) is 12.5 Å². The fourth-order valence-corrected chi connectivity index (χ4v) is 2.95. The summed E-state index contributed by atoms with van der Waals surface area (Å²) in [7, 11) is 1.51. The molecule has 0 spiro atoms. The first kappa shape index (κ1) is 18.8. The molecule has 0 radical (unpaired) electrons. The zero-order valence-corrected chi connectivity index (χ0v) is 15.3. The van der Waals surface area contributed by atoms with Gasteiger partial charge in [-0.15, -0.1) is 0 Å². The van der Waals surface area contributed by atoms with Crippen LogP contribution in [0.5, 0.6) is 11.5 Å². The summed E-state index contributed by atoms with van der Waals surface area (Å²) >= 11 is 0. The van der Waals surface area contributed by atoms with E-state index in [1.807, 2.05) is 25.1 Å². The van der Waals surface area contributed by atoms with Crippen LogP contribution >= 0.6 is 0 Å². The van der Waals surface area contributed by atoms with Gasteiger partial charge in [0.25, 0.3) is 0 Å². The van der Waals surface area contributed by atoms with Crippen molar-refractivity contribution in [3.8, 4) is 11.5 Å². The van der Waals surface area contributed by atoms with Crippen LogP contribution in [0.4, 0.5) is 0 Å². The molecular weight excluding hydrogens is 320 g/mol. The Labute approximate surface area is 147 Å². The number of carboxylic acid groups (broad SMARTS) is 1. The predicted octanol–water partition coefficient (Wildman–Crippen LogP) is 3.99. The Morgan fingerprint density at radius 1 is 1.20 bits per heavy atom. The molecule has 0 fully saturated rings. The van der Waals surface area contributed by atoms with E-state index in [4.69, 9.17) is 9.47 Å². The summed E-state index contributed by atoms with van der Waals surface area (Å²) in [6.07, 6.45) is 1.09. The summed E-state index contributed by atoms with van der Waals surface area (Å²) in [5.41, 5.74) is 0.941. The summed E-state index contributed by atoms with van der Waals surface area (Å²) in [6.45, 7) is 6.75. The van der Waals surface area contributed by atoms with Crippen LogP contribution in [0, 0.1) is 5.41 Å². The molecule has 0 aliphatic rings. The highest BCUT2D eigenvalue weighted by molar-refractivity contribution is 5.98. The Kier molecular flexibility index (Phi) is 5.36. The Morgan fingerprint density at radius 2 is 1.88 bits per heavy atom. The van der Waals surface area contributed by atoms with E-state index < -0.39 is 17.4 Å². The van der Waals surface area contributed by atoms with Crippen LogP contribution in [-0.2, 0) is 22.4 Å². The zero-order chi connectivity index (χ0) is 18.8. The van der Waals surface area contributed by atoms with Gasteiger partial charge in [-0.25, -0.2) is 0 Å². The summed E-state index contributed by atoms with van der Waals surface area (Å²) in [6, 6.07) is 7.60. The number of fused-ring (bicyclic) bond motifs is 1. The van der Waals surface area contributed by atoms with E-state index in [9.17, 15) is 14.7 Å². The lowest BCUT2D eigenvalue weighted by Gasteiger charge is -2.22. The highest BCUT2D eigenvalue weighted by Crippen LogP contribution is 2.42. The smallest absolute Gasteiger partial charge is 0.309 e. The number of carboxylic acids is 1. The van der Waals surface area contributed by atoms with Gasteiger partial charge >= 0.3 is 11.9 Å². The third-order valence-electron chi connectivity index (χ3n) is 4.31. The maximum Gasteiger partial charge on any atom is 0.309 e. The molecule has 0 atom stereocenters. The number of carbonyl (C=O) groups is 2. The molecule has 0 heterocycles. The molecule has 0 aliphatic carbocycles. The van der Waals surface area contributed by atoms with E-state index in [1.165, 1.54) is 14.0 Å². The molecule has 1 N–H and O–H groups in total. The third kappa shape index (κ3) is 3.76. The molecule has 5 nitrogen and oxygen atoms in total. The average molecular weight is 344 g/mol. The van der Waals surface area contributed by atoms with Gasteiger partial charge in [0.2, 0.25) is 0 Å². The third-order valence-corrected chi connectivity index (χ3v) is 4.31. The van der Waals surface area contributed by atoms with E-state index in [1.54, 1.807) is 19.9 Å². The molecule has 2 aromatic carbocycles. The van der Waals surface area contributed by atoms with Crippen LogP contribution in [0.2, 0.25) is 0 Å². The van der Waals surface area contributed by atoms with E-state index in [2.05, 4.69) is 0 Å². The lowest BCUT2D eigenvalue weighted by atomic mass is 9.83. The number of hydrogen-bond donors (Lipinski definition) is 1. The van der Waals surface area contributed by atoms with Gasteiger partial charge in [-0.3, -0.25) is 9.59 Å². The number of carbonyl (C=O) groups excluding carboxylic acids is 1. The monoisotopic (exact) mass is 344 g/mol. The standard InChI is InChI=1S/C20H24O5/c1-6-13-8-7-9-15-14(11-20(3,4)19(22)23)10-16(24-5)18(17(13)15)25-12(2)21/h7-10H,6,11H2,1-5H3,(H,22,23). The molecule has 0 saturated heterocycles. The quantitative estimate of drug-likeness (QED) is 0.633. The molecule has 0 amide bonds. The number of methoxy groups -OCH3 is 1. The number of benzene rings is 2. The molecule has 5 heteroatoms. The second kappa shape index (κ2) is 7.13. The van der Waals surface area contributed by atoms with Crippen molar-refractivity contribution in [3.63, 3.8) is 0 Å². The molecule has 2 aromatic rings. The second-order valence-corrected chi connectivity index (χ2v) is 6.72. The number of hydrogen-bond acceptors (Lipinski definition) is 4. The SMILES string of the molecule is CCc1cccc2c(CC(C)(C)C(=O)O)cc(OC)c(OC(C)=O)c12. The molecule has 0 bridgehead atoms. The lowest BCUT2D eigenvalue weighted by molar-refractivity contribution is -0.146. The molecule has 0 aromatic heterocycles. The molecule has 2 rings (SSSR count). The van der Waals surface area contributed by atoms with Crippen molar-refractivity contribution >= 4 is 22.7 Å². The Hall–Kier alpha value is -2.56. The van der Waals surface area contributed by atoms with Crippen molar-refractivity contribution in [2.24, 2.45) is 5.41 Å². The topological polar surface area (TPSA) is 72.8 Å². The normalized spacial score (nSPS) is 11.4. The van der Waals surface area contributed by atoms with Crippen LogP contribution in [0.1, 0.15) is 38.8 Å². The van der Waals surface area contributed by atoms with Gasteiger partial charge in [-0.1, -0.05) is 25.1 Å². The van der Waals surface area contributed by atoms with Crippen LogP contribution in [0.3, 0.4) is 0 Å². The molecular formula is C20H24O5. The van der Waals surface area contributed by atoms with Gasteiger partial charge in [0, 0.05) is 12.3 Å². The van der Waals surface area contributed by atoms with Gasteiger partial charge < -0.3 is 14.6 Å². The second-order valence-electron chi connectivity index (χ2n) is 6.72. The minimum atomic E-state index is -0.927. The largest absolute Gasteiger partial charge is 0.493 e. The van der Waals surface area contributed by atoms with Crippen LogP contribution in [0.25, 0.3) is 10.8 Å². The number of rotatable bonds is 6. The predicted molar refractivity (Wildman–Crippen MR) is 96.3 cm³/mol. The van der Waals surface area contributed by atoms with Crippen LogP contribution in [0.15, 0.2) is 24.3 Å². The van der Waals surface area contributed by atoms with Gasteiger partial charge in [-0.2, -0.15) is 0 Å². The Morgan fingerprint density at radius 3 is 2.40 bits per heavy atom. The minimum absolute atomic E-state index is 0.336. The number of esters is 1. The van der Waals surface area contributed by atoms with Gasteiger partial charge in [-0.05, 0) is 49.3 Å². The van der Waals surface area contributed by atoms with Crippen molar-refractivity contribution in [3.05, 3.63) is 35.4 Å². The first-order chi connectivity index (χ1) is 11.7. The van der Waals surface area contributed by atoms with E-state index in [-0.39, 0.29) is 0 Å². The van der Waals surface area contributed by atoms with E-state index in [0.29, 0.717) is 17.9 Å². The van der Waals surface area contributed by atoms with Crippen molar-refractivity contribution in [1.82, 2.24) is 0 Å². The highest BCUT2D eigenvalue weighted by atomic mass is 16.6.